The maximum atomic E-state index is 11.4. The van der Waals surface area contributed by atoms with Crippen LogP contribution >= 0.6 is 12.2 Å². The van der Waals surface area contributed by atoms with Crippen molar-refractivity contribution in [3.8, 4) is 0 Å². The number of nitrogens with one attached hydrogen (secondary N) is 2. The molecule has 0 aromatic heterocycles. The highest BCUT2D eigenvalue weighted by atomic mass is 32.1. The van der Waals surface area contributed by atoms with Crippen molar-refractivity contribution in [3.05, 3.63) is 64.7 Å². The van der Waals surface area contributed by atoms with Crippen molar-refractivity contribution in [3.63, 3.8) is 0 Å². The van der Waals surface area contributed by atoms with Crippen molar-refractivity contribution in [2.75, 3.05) is 5.32 Å². The molecule has 0 saturated heterocycles. The fourth-order valence-corrected chi connectivity index (χ4v) is 2.59. The van der Waals surface area contributed by atoms with E-state index in [1.807, 2.05) is 12.1 Å². The minimum absolute atomic E-state index is 0.0380. The Morgan fingerprint density at radius 1 is 1.09 bits per heavy atom. The molecule has 0 radical (unpaired) electrons. The highest BCUT2D eigenvalue weighted by molar-refractivity contribution is 7.80. The van der Waals surface area contributed by atoms with Crippen LogP contribution in [-0.2, 0) is 0 Å². The van der Waals surface area contributed by atoms with Crippen molar-refractivity contribution >= 4 is 28.8 Å². The van der Waals surface area contributed by atoms with E-state index in [4.69, 9.17) is 12.2 Å². The van der Waals surface area contributed by atoms with Crippen LogP contribution in [-0.4, -0.2) is 10.9 Å². The molecule has 2 N–H and O–H groups in total. The summed E-state index contributed by atoms with van der Waals surface area (Å²) in [7, 11) is 0. The number of carbonyl (C=O) groups is 1. The Bertz CT molecular complexity index is 740. The van der Waals surface area contributed by atoms with Gasteiger partial charge in [-0.25, -0.2) is 0 Å². The average molecular weight is 326 g/mol. The van der Waals surface area contributed by atoms with Crippen LogP contribution in [0.5, 0.6) is 0 Å². The monoisotopic (exact) mass is 326 g/mol. The summed E-state index contributed by atoms with van der Waals surface area (Å²) in [4.78, 5) is 11.4. The van der Waals surface area contributed by atoms with E-state index in [1.54, 1.807) is 19.1 Å². The van der Waals surface area contributed by atoms with E-state index in [1.165, 1.54) is 16.7 Å². The average Bonchev–Trinajstić information content (AvgIpc) is 2.50. The fraction of sp³-hybridized carbons (Fsp3) is 0.263. The van der Waals surface area contributed by atoms with Gasteiger partial charge in [-0.2, -0.15) is 0 Å². The Labute approximate surface area is 143 Å². The zero-order valence-electron chi connectivity index (χ0n) is 13.9. The molecular weight excluding hydrogens is 304 g/mol. The van der Waals surface area contributed by atoms with Gasteiger partial charge in [-0.3, -0.25) is 4.79 Å². The first-order chi connectivity index (χ1) is 10.9. The predicted molar refractivity (Wildman–Crippen MR) is 100 cm³/mol. The molecule has 0 saturated carbocycles. The molecule has 4 heteroatoms. The summed E-state index contributed by atoms with van der Waals surface area (Å²) in [5.41, 5.74) is 5.21. The first-order valence-electron chi connectivity index (χ1n) is 7.62. The van der Waals surface area contributed by atoms with Crippen molar-refractivity contribution in [2.24, 2.45) is 0 Å². The minimum atomic E-state index is 0.0380. The van der Waals surface area contributed by atoms with E-state index in [9.17, 15) is 4.79 Å². The smallest absolute Gasteiger partial charge is 0.171 e. The summed E-state index contributed by atoms with van der Waals surface area (Å²) in [6.45, 7) is 7.84. The van der Waals surface area contributed by atoms with E-state index >= 15 is 0 Å². The molecule has 120 valence electrons. The molecule has 0 fully saturated rings. The molecule has 0 aliphatic carbocycles. The molecule has 1 atom stereocenters. The van der Waals surface area contributed by atoms with Gasteiger partial charge >= 0.3 is 0 Å². The van der Waals surface area contributed by atoms with Gasteiger partial charge in [0.25, 0.3) is 0 Å². The van der Waals surface area contributed by atoms with E-state index in [0.717, 1.165) is 5.69 Å². The standard InChI is InChI=1S/C19H22N2OS/c1-12-8-9-16(10-13(12)2)14(3)20-19(23)21-18-7-5-6-17(11-18)15(4)22/h5-11,14H,1-4H3,(H2,20,21,23). The Hall–Kier alpha value is -2.20. The maximum Gasteiger partial charge on any atom is 0.171 e. The zero-order valence-corrected chi connectivity index (χ0v) is 14.8. The predicted octanol–water partition coefficient (Wildman–Crippen LogP) is 4.55. The van der Waals surface area contributed by atoms with E-state index in [-0.39, 0.29) is 11.8 Å². The van der Waals surface area contributed by atoms with Crippen LogP contribution in [0.4, 0.5) is 5.69 Å². The summed E-state index contributed by atoms with van der Waals surface area (Å²) in [5.74, 6) is 0.0380. The maximum absolute atomic E-state index is 11.4. The van der Waals surface area contributed by atoms with Gasteiger partial charge in [0.2, 0.25) is 0 Å². The first-order valence-corrected chi connectivity index (χ1v) is 8.03. The number of aryl methyl sites for hydroxylation is 2. The molecule has 0 aliphatic rings. The summed E-state index contributed by atoms with van der Waals surface area (Å²) >= 11 is 5.37. The first kappa shape index (κ1) is 17.2. The van der Waals surface area contributed by atoms with Gasteiger partial charge in [0.15, 0.2) is 10.9 Å². The summed E-state index contributed by atoms with van der Waals surface area (Å²) in [6.07, 6.45) is 0. The highest BCUT2D eigenvalue weighted by Crippen LogP contribution is 2.17. The van der Waals surface area contributed by atoms with E-state index in [0.29, 0.717) is 10.7 Å². The van der Waals surface area contributed by atoms with Gasteiger partial charge in [-0.15, -0.1) is 0 Å². The second-order valence-corrected chi connectivity index (χ2v) is 6.21. The Morgan fingerprint density at radius 2 is 1.83 bits per heavy atom. The lowest BCUT2D eigenvalue weighted by Crippen LogP contribution is -2.31. The van der Waals surface area contributed by atoms with Crippen molar-refractivity contribution in [1.82, 2.24) is 5.32 Å². The number of benzene rings is 2. The molecule has 0 aliphatic heterocycles. The topological polar surface area (TPSA) is 41.1 Å². The van der Waals surface area contributed by atoms with Crippen LogP contribution in [0.3, 0.4) is 0 Å². The number of anilines is 1. The molecule has 23 heavy (non-hydrogen) atoms. The van der Waals surface area contributed by atoms with Gasteiger partial charge < -0.3 is 10.6 Å². The number of hydrogen-bond acceptors (Lipinski definition) is 2. The number of hydrogen-bond donors (Lipinski definition) is 2. The van der Waals surface area contributed by atoms with Gasteiger partial charge in [-0.05, 0) is 68.7 Å². The summed E-state index contributed by atoms with van der Waals surface area (Å²) < 4.78 is 0. The molecule has 0 amide bonds. The van der Waals surface area contributed by atoms with E-state index < -0.39 is 0 Å². The fourth-order valence-electron chi connectivity index (χ4n) is 2.30. The molecular formula is C19H22N2OS. The molecule has 0 spiro atoms. The van der Waals surface area contributed by atoms with Gasteiger partial charge in [0.05, 0.1) is 6.04 Å². The molecule has 0 bridgehead atoms. The number of thiocarbonyl (C=S) groups is 1. The van der Waals surface area contributed by atoms with Gasteiger partial charge in [-0.1, -0.05) is 30.3 Å². The number of Topliss-reactive ketones (excluding diaryl/α,β-unsaturated/α-hetero) is 1. The molecule has 3 nitrogen and oxygen atoms in total. The van der Waals surface area contributed by atoms with Crippen molar-refractivity contribution in [2.45, 2.75) is 33.7 Å². The highest BCUT2D eigenvalue weighted by Gasteiger charge is 2.09. The number of rotatable bonds is 4. The van der Waals surface area contributed by atoms with Crippen LogP contribution < -0.4 is 10.6 Å². The molecule has 2 rings (SSSR count). The molecule has 1 unspecified atom stereocenters. The quantitative estimate of drug-likeness (QED) is 0.639. The van der Waals surface area contributed by atoms with Gasteiger partial charge in [0.1, 0.15) is 0 Å². The third kappa shape index (κ3) is 4.63. The summed E-state index contributed by atoms with van der Waals surface area (Å²) in [6, 6.07) is 13.8. The van der Waals surface area contributed by atoms with Crippen LogP contribution in [0.15, 0.2) is 42.5 Å². The van der Waals surface area contributed by atoms with Crippen LogP contribution in [0.2, 0.25) is 0 Å². The van der Waals surface area contributed by atoms with Crippen LogP contribution in [0.1, 0.15) is 46.9 Å². The van der Waals surface area contributed by atoms with Crippen LogP contribution in [0.25, 0.3) is 0 Å². The second kappa shape index (κ2) is 7.38. The third-order valence-electron chi connectivity index (χ3n) is 3.91. The zero-order chi connectivity index (χ0) is 17.0. The van der Waals surface area contributed by atoms with Crippen molar-refractivity contribution < 1.29 is 4.79 Å². The number of carbonyl (C=O) groups excluding carboxylic acids is 1. The Morgan fingerprint density at radius 3 is 2.48 bits per heavy atom. The summed E-state index contributed by atoms with van der Waals surface area (Å²) in [5, 5.41) is 6.95. The lowest BCUT2D eigenvalue weighted by molar-refractivity contribution is 0.101. The second-order valence-electron chi connectivity index (χ2n) is 5.80. The van der Waals surface area contributed by atoms with Gasteiger partial charge in [0, 0.05) is 11.3 Å². The molecule has 0 heterocycles. The third-order valence-corrected chi connectivity index (χ3v) is 4.13. The Balaban J connectivity index is 2.02. The number of ketones is 1. The SMILES string of the molecule is CC(=O)c1cccc(NC(=S)NC(C)c2ccc(C)c(C)c2)c1. The molecule has 2 aromatic carbocycles. The van der Waals surface area contributed by atoms with E-state index in [2.05, 4.69) is 49.6 Å². The minimum Gasteiger partial charge on any atom is -0.356 e. The lowest BCUT2D eigenvalue weighted by atomic mass is 10.0. The Kier molecular flexibility index (Phi) is 5.50. The van der Waals surface area contributed by atoms with Crippen LogP contribution in [0, 0.1) is 13.8 Å². The lowest BCUT2D eigenvalue weighted by Gasteiger charge is -2.18. The molecule has 2 aromatic rings. The normalized spacial score (nSPS) is 11.7. The van der Waals surface area contributed by atoms with Crippen molar-refractivity contribution in [1.29, 1.82) is 0 Å². The largest absolute Gasteiger partial charge is 0.356 e.